The van der Waals surface area contributed by atoms with Gasteiger partial charge >= 0.3 is 0 Å². The fourth-order valence-corrected chi connectivity index (χ4v) is 6.28. The number of nitrogens with two attached hydrogens (primary N) is 1. The van der Waals surface area contributed by atoms with Crippen molar-refractivity contribution in [3.05, 3.63) is 65.2 Å². The summed E-state index contributed by atoms with van der Waals surface area (Å²) in [6.07, 6.45) is 1.16. The monoisotopic (exact) mass is 434 g/mol. The van der Waals surface area contributed by atoms with E-state index in [1.165, 1.54) is 22.4 Å². The number of carbonyl (C=O) groups excluding carboxylic acids is 1. The minimum Gasteiger partial charge on any atom is -0.381 e. The van der Waals surface area contributed by atoms with Crippen molar-refractivity contribution in [1.29, 1.82) is 0 Å². The summed E-state index contributed by atoms with van der Waals surface area (Å²) < 4.78 is 0. The number of piperazine rings is 1. The third-order valence-electron chi connectivity index (χ3n) is 6.76. The van der Waals surface area contributed by atoms with Crippen molar-refractivity contribution in [1.82, 2.24) is 4.90 Å². The highest BCUT2D eigenvalue weighted by Gasteiger charge is 2.30. The van der Waals surface area contributed by atoms with E-state index >= 15 is 0 Å². The molecule has 1 fully saturated rings. The van der Waals surface area contributed by atoms with Gasteiger partial charge in [-0.05, 0) is 60.4 Å². The van der Waals surface area contributed by atoms with E-state index in [4.69, 9.17) is 5.73 Å². The number of nitrogens with zero attached hydrogens (tertiary/aromatic N) is 2. The Hall–Kier alpha value is -2.44. The second-order valence-electron chi connectivity index (χ2n) is 8.66. The zero-order chi connectivity index (χ0) is 21.2. The molecule has 0 saturated carbocycles. The number of hydrogen-bond acceptors (Lipinski definition) is 5. The molecule has 1 saturated heterocycles. The molecular formula is C25H30N4OS. The number of thioether (sulfide) groups is 1. The van der Waals surface area contributed by atoms with E-state index in [9.17, 15) is 4.79 Å². The molecule has 0 radical (unpaired) electrons. The zero-order valence-electron chi connectivity index (χ0n) is 17.8. The Labute approximate surface area is 188 Å². The molecule has 1 amide bonds. The smallest absolute Gasteiger partial charge is 0.248 e. The quantitative estimate of drug-likeness (QED) is 0.754. The summed E-state index contributed by atoms with van der Waals surface area (Å²) in [5.41, 5.74) is 12.8. The Morgan fingerprint density at radius 2 is 1.90 bits per heavy atom. The molecular weight excluding hydrogens is 404 g/mol. The number of nitrogens with one attached hydrogen (secondary N) is 1. The number of amides is 1. The van der Waals surface area contributed by atoms with Gasteiger partial charge in [0.1, 0.15) is 0 Å². The predicted octanol–water partition coefficient (Wildman–Crippen LogP) is 3.54. The molecule has 162 valence electrons. The highest BCUT2D eigenvalue weighted by Crippen LogP contribution is 2.43. The predicted molar refractivity (Wildman–Crippen MR) is 131 cm³/mol. The van der Waals surface area contributed by atoms with Crippen LogP contribution in [0.25, 0.3) is 5.57 Å². The van der Waals surface area contributed by atoms with Crippen molar-refractivity contribution >= 4 is 34.6 Å². The molecule has 0 aromatic heterocycles. The normalized spacial score (nSPS) is 21.3. The van der Waals surface area contributed by atoms with Gasteiger partial charge in [-0.1, -0.05) is 18.2 Å². The van der Waals surface area contributed by atoms with Gasteiger partial charge in [0.25, 0.3) is 0 Å². The van der Waals surface area contributed by atoms with Gasteiger partial charge in [0.15, 0.2) is 0 Å². The molecule has 3 aliphatic heterocycles. The number of primary amides is 1. The molecule has 31 heavy (non-hydrogen) atoms. The van der Waals surface area contributed by atoms with Gasteiger partial charge in [-0.15, -0.1) is 0 Å². The summed E-state index contributed by atoms with van der Waals surface area (Å²) in [5.74, 6) is 2.41. The van der Waals surface area contributed by atoms with E-state index in [0.717, 1.165) is 62.9 Å². The van der Waals surface area contributed by atoms with E-state index < -0.39 is 0 Å². The largest absolute Gasteiger partial charge is 0.381 e. The van der Waals surface area contributed by atoms with Crippen LogP contribution in [0, 0.1) is 5.92 Å². The van der Waals surface area contributed by atoms with Crippen molar-refractivity contribution in [3.8, 4) is 0 Å². The van der Waals surface area contributed by atoms with Gasteiger partial charge < -0.3 is 16.0 Å². The first-order chi connectivity index (χ1) is 15.2. The molecule has 3 N–H and O–H groups in total. The number of fused-ring (bicyclic) bond motifs is 2. The van der Waals surface area contributed by atoms with E-state index in [1.807, 2.05) is 30.0 Å². The van der Waals surface area contributed by atoms with E-state index in [2.05, 4.69) is 45.4 Å². The molecule has 1 unspecified atom stereocenters. The lowest BCUT2D eigenvalue weighted by atomic mass is 9.83. The van der Waals surface area contributed by atoms with Gasteiger partial charge in [-0.2, -0.15) is 11.8 Å². The van der Waals surface area contributed by atoms with Crippen LogP contribution in [0.15, 0.2) is 54.1 Å². The van der Waals surface area contributed by atoms with E-state index in [0.29, 0.717) is 11.5 Å². The first kappa shape index (κ1) is 20.5. The van der Waals surface area contributed by atoms with Crippen LogP contribution in [0.2, 0.25) is 0 Å². The highest BCUT2D eigenvalue weighted by molar-refractivity contribution is 7.99. The number of carbonyl (C=O) groups is 1. The minimum absolute atomic E-state index is 0.353. The minimum atomic E-state index is -0.353. The van der Waals surface area contributed by atoms with Gasteiger partial charge in [0.2, 0.25) is 5.91 Å². The molecule has 0 bridgehead atoms. The van der Waals surface area contributed by atoms with Crippen LogP contribution in [0.3, 0.4) is 0 Å². The number of hydrogen-bond donors (Lipinski definition) is 2. The van der Waals surface area contributed by atoms with Gasteiger partial charge in [-0.25, -0.2) is 0 Å². The van der Waals surface area contributed by atoms with Crippen LogP contribution in [0.5, 0.6) is 0 Å². The van der Waals surface area contributed by atoms with Crippen LogP contribution in [0.1, 0.15) is 22.3 Å². The van der Waals surface area contributed by atoms with E-state index in [-0.39, 0.29) is 5.91 Å². The highest BCUT2D eigenvalue weighted by atomic mass is 32.2. The molecule has 5 nitrogen and oxygen atoms in total. The molecule has 3 aliphatic rings. The lowest BCUT2D eigenvalue weighted by Crippen LogP contribution is -2.47. The average molecular weight is 435 g/mol. The lowest BCUT2D eigenvalue weighted by molar-refractivity contribution is 0.100. The summed E-state index contributed by atoms with van der Waals surface area (Å²) in [6.45, 7) is 6.45. The van der Waals surface area contributed by atoms with Crippen LogP contribution < -0.4 is 16.0 Å². The molecule has 2 aromatic rings. The molecule has 1 atom stereocenters. The first-order valence-corrected chi connectivity index (χ1v) is 12.3. The summed E-state index contributed by atoms with van der Waals surface area (Å²) >= 11 is 2.04. The third kappa shape index (κ3) is 4.32. The Morgan fingerprint density at radius 1 is 1.10 bits per heavy atom. The molecule has 0 spiro atoms. The molecule has 5 rings (SSSR count). The maximum atomic E-state index is 11.8. The molecule has 0 aliphatic carbocycles. The zero-order valence-corrected chi connectivity index (χ0v) is 18.7. The topological polar surface area (TPSA) is 61.6 Å². The first-order valence-electron chi connectivity index (χ1n) is 11.2. The van der Waals surface area contributed by atoms with Gasteiger partial charge in [0.05, 0.1) is 0 Å². The van der Waals surface area contributed by atoms with E-state index in [1.54, 1.807) is 0 Å². The maximum Gasteiger partial charge on any atom is 0.248 e. The van der Waals surface area contributed by atoms with Crippen LogP contribution in [-0.4, -0.2) is 61.6 Å². The lowest BCUT2D eigenvalue weighted by Gasteiger charge is -2.38. The van der Waals surface area contributed by atoms with Crippen molar-refractivity contribution < 1.29 is 4.79 Å². The van der Waals surface area contributed by atoms with Crippen LogP contribution >= 0.6 is 11.8 Å². The van der Waals surface area contributed by atoms with Crippen molar-refractivity contribution in [3.63, 3.8) is 0 Å². The second kappa shape index (κ2) is 8.97. The van der Waals surface area contributed by atoms with Crippen molar-refractivity contribution in [2.24, 2.45) is 11.7 Å². The number of benzene rings is 2. The number of rotatable bonds is 5. The number of anilines is 2. The molecule has 6 heteroatoms. The van der Waals surface area contributed by atoms with Crippen molar-refractivity contribution in [2.75, 3.05) is 61.0 Å². The maximum absolute atomic E-state index is 11.8. The summed E-state index contributed by atoms with van der Waals surface area (Å²) in [4.78, 5) is 16.9. The summed E-state index contributed by atoms with van der Waals surface area (Å²) in [6, 6.07) is 16.6. The fourth-order valence-electron chi connectivity index (χ4n) is 5.04. The summed E-state index contributed by atoms with van der Waals surface area (Å²) in [5, 5.41) is 3.54. The van der Waals surface area contributed by atoms with Gasteiger partial charge in [0, 0.05) is 66.7 Å². The Morgan fingerprint density at radius 3 is 2.68 bits per heavy atom. The molecule has 3 heterocycles. The standard InChI is InChI=1S/C25H30N4OS/c26-25(30)18-6-7-23-22(14-18)24-19(16-31-17-20(24)15-27-23)8-9-28-10-12-29(13-11-28)21-4-2-1-3-5-21/h1-7,14,19,27H,8-13,15-17H2,(H2,26,30). The average Bonchev–Trinajstić information content (AvgIpc) is 2.83. The SMILES string of the molecule is NC(=O)c1ccc2c(c1)C1=C(CN2)CSCC1CCN1CCN(c2ccccc2)CC1. The van der Waals surface area contributed by atoms with Crippen LogP contribution in [0.4, 0.5) is 11.4 Å². The number of para-hydroxylation sites is 1. The van der Waals surface area contributed by atoms with Crippen molar-refractivity contribution in [2.45, 2.75) is 6.42 Å². The Kier molecular flexibility index (Phi) is 5.92. The summed E-state index contributed by atoms with van der Waals surface area (Å²) in [7, 11) is 0. The second-order valence-corrected chi connectivity index (χ2v) is 9.69. The fraction of sp³-hybridized carbons (Fsp3) is 0.400. The van der Waals surface area contributed by atoms with Gasteiger partial charge in [-0.3, -0.25) is 9.69 Å². The third-order valence-corrected chi connectivity index (χ3v) is 7.95. The molecule has 2 aromatic carbocycles. The Balaban J connectivity index is 1.26. The van der Waals surface area contributed by atoms with Crippen LogP contribution in [-0.2, 0) is 0 Å². The number of allylic oxidation sites excluding steroid dienone is 1. The Bertz CT molecular complexity index is 982.